The van der Waals surface area contributed by atoms with E-state index in [0.717, 1.165) is 11.3 Å². The van der Waals surface area contributed by atoms with Gasteiger partial charge in [0.05, 0.1) is 33.7 Å². The Morgan fingerprint density at radius 3 is 2.73 bits per heavy atom. The second kappa shape index (κ2) is 10.6. The SMILES string of the molecule is CC(C)NCCN(C)c1cc(F)ncc1Nc1ccc(S(=O)(=O)Nc2nccs2)cc1C#N.[HH].[HH].[HH]. The summed E-state index contributed by atoms with van der Waals surface area (Å²) in [5, 5.41) is 17.9. The van der Waals surface area contributed by atoms with Crippen molar-refractivity contribution >= 4 is 43.6 Å². The molecular formula is C21H30FN7O2S2. The van der Waals surface area contributed by atoms with Crippen LogP contribution in [0, 0.1) is 17.3 Å². The molecule has 2 aromatic heterocycles. The Labute approximate surface area is 200 Å². The molecule has 0 saturated carbocycles. The first-order valence-corrected chi connectivity index (χ1v) is 12.4. The Hall–Kier alpha value is -3.27. The average molecular weight is 496 g/mol. The lowest BCUT2D eigenvalue weighted by Gasteiger charge is -2.24. The van der Waals surface area contributed by atoms with Crippen molar-refractivity contribution < 1.29 is 17.1 Å². The maximum atomic E-state index is 13.9. The summed E-state index contributed by atoms with van der Waals surface area (Å²) in [5.41, 5.74) is 1.51. The molecule has 2 heterocycles. The molecule has 0 aliphatic rings. The van der Waals surface area contributed by atoms with Gasteiger partial charge < -0.3 is 15.5 Å². The fourth-order valence-corrected chi connectivity index (χ4v) is 4.77. The van der Waals surface area contributed by atoms with E-state index in [1.807, 2.05) is 31.9 Å². The van der Waals surface area contributed by atoms with Crippen molar-refractivity contribution in [3.05, 3.63) is 53.6 Å². The monoisotopic (exact) mass is 495 g/mol. The number of nitriles is 1. The topological polar surface area (TPSA) is 123 Å². The number of nitrogens with one attached hydrogen (secondary N) is 3. The number of hydrogen-bond donors (Lipinski definition) is 3. The van der Waals surface area contributed by atoms with Gasteiger partial charge in [-0.15, -0.1) is 11.3 Å². The molecule has 0 amide bonds. The minimum Gasteiger partial charge on any atom is -0.371 e. The maximum absolute atomic E-state index is 13.9. The number of hydrogen-bond acceptors (Lipinski definition) is 9. The largest absolute Gasteiger partial charge is 0.371 e. The van der Waals surface area contributed by atoms with E-state index in [1.165, 1.54) is 36.7 Å². The van der Waals surface area contributed by atoms with Crippen molar-refractivity contribution in [2.45, 2.75) is 24.8 Å². The summed E-state index contributed by atoms with van der Waals surface area (Å²) in [6.45, 7) is 5.39. The van der Waals surface area contributed by atoms with Gasteiger partial charge in [-0.3, -0.25) is 4.72 Å². The molecule has 0 aliphatic heterocycles. The van der Waals surface area contributed by atoms with E-state index in [0.29, 0.717) is 36.2 Å². The molecular weight excluding hydrogens is 465 g/mol. The molecule has 180 valence electrons. The lowest BCUT2D eigenvalue weighted by molar-refractivity contribution is 0.578. The summed E-state index contributed by atoms with van der Waals surface area (Å²) in [6, 6.07) is 7.78. The van der Waals surface area contributed by atoms with Crippen LogP contribution >= 0.6 is 11.3 Å². The van der Waals surface area contributed by atoms with Crippen LogP contribution in [0.4, 0.5) is 26.6 Å². The number of thiazole rings is 1. The minimum atomic E-state index is -3.91. The highest BCUT2D eigenvalue weighted by molar-refractivity contribution is 7.93. The molecule has 0 fully saturated rings. The van der Waals surface area contributed by atoms with Gasteiger partial charge >= 0.3 is 0 Å². The first-order valence-electron chi connectivity index (χ1n) is 10.0. The number of benzene rings is 1. The van der Waals surface area contributed by atoms with Crippen molar-refractivity contribution in [2.75, 3.05) is 35.1 Å². The highest BCUT2D eigenvalue weighted by atomic mass is 32.2. The zero-order valence-electron chi connectivity index (χ0n) is 18.3. The van der Waals surface area contributed by atoms with Gasteiger partial charge in [-0.25, -0.2) is 18.4 Å². The second-order valence-corrected chi connectivity index (χ2v) is 10.0. The van der Waals surface area contributed by atoms with E-state index < -0.39 is 16.0 Å². The number of aromatic nitrogens is 2. The number of likely N-dealkylation sites (N-methyl/N-ethyl adjacent to an activating group) is 1. The van der Waals surface area contributed by atoms with Gasteiger partial charge in [-0.2, -0.15) is 9.65 Å². The Kier molecular flexibility index (Phi) is 7.80. The summed E-state index contributed by atoms with van der Waals surface area (Å²) in [7, 11) is -2.08. The Bertz CT molecular complexity index is 1260. The van der Waals surface area contributed by atoms with Crippen molar-refractivity contribution in [1.82, 2.24) is 15.3 Å². The summed E-state index contributed by atoms with van der Waals surface area (Å²) < 4.78 is 41.5. The summed E-state index contributed by atoms with van der Waals surface area (Å²) in [6.07, 6.45) is 2.83. The van der Waals surface area contributed by atoms with Crippen LogP contribution in [0.25, 0.3) is 0 Å². The van der Waals surface area contributed by atoms with Crippen molar-refractivity contribution in [1.29, 1.82) is 5.26 Å². The first-order chi connectivity index (χ1) is 15.7. The lowest BCUT2D eigenvalue weighted by atomic mass is 10.2. The molecule has 3 rings (SSSR count). The van der Waals surface area contributed by atoms with Crippen LogP contribution in [0.15, 0.2) is 46.9 Å². The van der Waals surface area contributed by atoms with E-state index in [9.17, 15) is 18.1 Å². The number of nitrogens with zero attached hydrogens (tertiary/aromatic N) is 4. The summed E-state index contributed by atoms with van der Waals surface area (Å²) in [4.78, 5) is 9.42. The fourth-order valence-electron chi connectivity index (χ4n) is 2.96. The number of pyridine rings is 1. The third-order valence-corrected chi connectivity index (χ3v) is 6.76. The zero-order chi connectivity index (χ0) is 24.0. The minimum absolute atomic E-state index is 0. The average Bonchev–Trinajstić information content (AvgIpc) is 3.27. The van der Waals surface area contributed by atoms with Crippen LogP contribution in [-0.4, -0.2) is 44.6 Å². The van der Waals surface area contributed by atoms with E-state index in [1.54, 1.807) is 5.38 Å². The smallest absolute Gasteiger partial charge is 0.263 e. The Morgan fingerprint density at radius 2 is 2.06 bits per heavy atom. The Morgan fingerprint density at radius 1 is 1.27 bits per heavy atom. The van der Waals surface area contributed by atoms with Crippen LogP contribution in [0.3, 0.4) is 0 Å². The molecule has 0 radical (unpaired) electrons. The first kappa shape index (κ1) is 24.4. The van der Waals surface area contributed by atoms with E-state index in [-0.39, 0.29) is 19.9 Å². The quantitative estimate of drug-likeness (QED) is 0.357. The van der Waals surface area contributed by atoms with Crippen molar-refractivity contribution in [3.8, 4) is 6.07 Å². The van der Waals surface area contributed by atoms with Crippen LogP contribution < -0.4 is 20.3 Å². The second-order valence-electron chi connectivity index (χ2n) is 7.44. The highest BCUT2D eigenvalue weighted by Gasteiger charge is 2.19. The van der Waals surface area contributed by atoms with Gasteiger partial charge in [0, 0.05) is 48.1 Å². The molecule has 3 N–H and O–H groups in total. The third kappa shape index (κ3) is 6.38. The van der Waals surface area contributed by atoms with Gasteiger partial charge in [0.25, 0.3) is 10.0 Å². The molecule has 9 nitrogen and oxygen atoms in total. The van der Waals surface area contributed by atoms with Gasteiger partial charge in [0.2, 0.25) is 5.95 Å². The van der Waals surface area contributed by atoms with Gasteiger partial charge in [-0.1, -0.05) is 13.8 Å². The molecule has 0 spiro atoms. The highest BCUT2D eigenvalue weighted by Crippen LogP contribution is 2.30. The molecule has 33 heavy (non-hydrogen) atoms. The lowest BCUT2D eigenvalue weighted by Crippen LogP contribution is -2.33. The molecule has 1 aromatic carbocycles. The number of rotatable bonds is 10. The zero-order valence-corrected chi connectivity index (χ0v) is 20.0. The van der Waals surface area contributed by atoms with Gasteiger partial charge in [0.1, 0.15) is 6.07 Å². The number of anilines is 4. The van der Waals surface area contributed by atoms with E-state index >= 15 is 0 Å². The van der Waals surface area contributed by atoms with Crippen molar-refractivity contribution in [2.24, 2.45) is 0 Å². The van der Waals surface area contributed by atoms with Crippen LogP contribution in [0.2, 0.25) is 0 Å². The van der Waals surface area contributed by atoms with Gasteiger partial charge in [0.15, 0.2) is 5.13 Å². The van der Waals surface area contributed by atoms with Crippen LogP contribution in [0.5, 0.6) is 0 Å². The number of halogens is 1. The molecule has 3 aromatic rings. The van der Waals surface area contributed by atoms with Crippen LogP contribution in [0.1, 0.15) is 23.7 Å². The third-order valence-electron chi connectivity index (χ3n) is 4.60. The molecule has 0 aliphatic carbocycles. The normalized spacial score (nSPS) is 11.3. The summed E-state index contributed by atoms with van der Waals surface area (Å²) in [5.74, 6) is -0.630. The molecule has 12 heteroatoms. The fraction of sp³-hybridized carbons (Fsp3) is 0.286. The number of sulfonamides is 1. The van der Waals surface area contributed by atoms with E-state index in [2.05, 4.69) is 25.3 Å². The van der Waals surface area contributed by atoms with E-state index in [4.69, 9.17) is 0 Å². The predicted molar refractivity (Wildman–Crippen MR) is 134 cm³/mol. The van der Waals surface area contributed by atoms with Gasteiger partial charge in [-0.05, 0) is 18.2 Å². The predicted octanol–water partition coefficient (Wildman–Crippen LogP) is 4.27. The Balaban J connectivity index is 0.00000408. The van der Waals surface area contributed by atoms with Crippen LogP contribution in [-0.2, 0) is 10.0 Å². The molecule has 0 bridgehead atoms. The molecule has 0 saturated heterocycles. The maximum Gasteiger partial charge on any atom is 0.263 e. The molecule has 0 unspecified atom stereocenters. The van der Waals surface area contributed by atoms with Crippen molar-refractivity contribution in [3.63, 3.8) is 0 Å². The molecule has 0 atom stereocenters. The standard InChI is InChI=1S/C21H24FN7O2S2.3H2/c1-14(2)24-6-8-29(3)19-11-20(22)26-13-18(19)27-17-5-4-16(10-15(17)12-23)33(30,31)28-21-25-7-9-32-21;;;/h4-5,7,9-11,13-14,24,27H,6,8H2,1-3H3,(H,25,28);3*1H. The summed E-state index contributed by atoms with van der Waals surface area (Å²) >= 11 is 1.15.